The Morgan fingerprint density at radius 1 is 1.60 bits per heavy atom. The molecule has 1 saturated heterocycles. The smallest absolute Gasteiger partial charge is 0.238 e. The van der Waals surface area contributed by atoms with Crippen LogP contribution in [0, 0.1) is 11.7 Å². The molecule has 0 saturated carbocycles. The Kier molecular flexibility index (Phi) is 4.92. The van der Waals surface area contributed by atoms with Crippen LogP contribution in [-0.2, 0) is 9.53 Å². The summed E-state index contributed by atoms with van der Waals surface area (Å²) in [5.74, 6) is -0.122. The number of anilines is 2. The Morgan fingerprint density at radius 2 is 2.40 bits per heavy atom. The normalized spacial score (nSPS) is 19.2. The van der Waals surface area contributed by atoms with Crippen LogP contribution < -0.4 is 11.1 Å². The van der Waals surface area contributed by atoms with Gasteiger partial charge in [0.15, 0.2) is 0 Å². The van der Waals surface area contributed by atoms with E-state index in [4.69, 9.17) is 10.5 Å². The molecular weight excluding hydrogens is 261 g/mol. The second-order valence-corrected chi connectivity index (χ2v) is 5.12. The molecule has 6 heteroatoms. The highest BCUT2D eigenvalue weighted by molar-refractivity contribution is 5.95. The van der Waals surface area contributed by atoms with Gasteiger partial charge in [0, 0.05) is 13.7 Å². The van der Waals surface area contributed by atoms with E-state index in [1.54, 1.807) is 7.11 Å². The van der Waals surface area contributed by atoms with E-state index in [1.807, 2.05) is 0 Å². The highest BCUT2D eigenvalue weighted by Crippen LogP contribution is 2.20. The molecule has 1 aliphatic rings. The summed E-state index contributed by atoms with van der Waals surface area (Å²) in [6.45, 7) is 2.73. The van der Waals surface area contributed by atoms with Crippen LogP contribution >= 0.6 is 0 Å². The summed E-state index contributed by atoms with van der Waals surface area (Å²) in [6.07, 6.45) is 1.03. The number of nitrogens with one attached hydrogen (secondary N) is 1. The van der Waals surface area contributed by atoms with Crippen molar-refractivity contribution in [1.29, 1.82) is 0 Å². The van der Waals surface area contributed by atoms with Crippen molar-refractivity contribution in [2.45, 2.75) is 6.42 Å². The number of ether oxygens (including phenoxy) is 1. The first kappa shape index (κ1) is 14.7. The summed E-state index contributed by atoms with van der Waals surface area (Å²) in [5, 5.41) is 2.65. The number of nitrogen functional groups attached to an aromatic ring is 1. The molecule has 0 aliphatic carbocycles. The number of benzene rings is 1. The molecule has 20 heavy (non-hydrogen) atoms. The molecule has 0 bridgehead atoms. The number of methoxy groups -OCH3 is 1. The van der Waals surface area contributed by atoms with Crippen LogP contribution in [0.3, 0.4) is 0 Å². The minimum Gasteiger partial charge on any atom is -0.397 e. The molecule has 0 spiro atoms. The van der Waals surface area contributed by atoms with E-state index in [-0.39, 0.29) is 12.5 Å². The first-order chi connectivity index (χ1) is 9.58. The molecule has 1 fully saturated rings. The molecule has 1 amide bonds. The van der Waals surface area contributed by atoms with Gasteiger partial charge in [-0.3, -0.25) is 9.69 Å². The van der Waals surface area contributed by atoms with Crippen molar-refractivity contribution < 1.29 is 13.9 Å². The summed E-state index contributed by atoms with van der Waals surface area (Å²) in [7, 11) is 1.68. The fourth-order valence-corrected chi connectivity index (χ4v) is 2.46. The van der Waals surface area contributed by atoms with Crippen LogP contribution in [0.1, 0.15) is 6.42 Å². The van der Waals surface area contributed by atoms with Crippen LogP contribution in [0.4, 0.5) is 15.8 Å². The quantitative estimate of drug-likeness (QED) is 0.799. The molecule has 0 aromatic heterocycles. The standard InChI is InChI=1S/C14H20FN3O2/c1-20-9-10-4-5-18(7-10)8-14(19)17-13-6-11(15)2-3-12(13)16/h2-3,6,10H,4-5,7-9,16H2,1H3,(H,17,19). The number of carbonyl (C=O) groups excluding carboxylic acids is 1. The molecule has 0 radical (unpaired) electrons. The van der Waals surface area contributed by atoms with E-state index < -0.39 is 5.82 Å². The van der Waals surface area contributed by atoms with E-state index in [2.05, 4.69) is 10.2 Å². The van der Waals surface area contributed by atoms with E-state index in [0.717, 1.165) is 26.1 Å². The minimum atomic E-state index is -0.421. The number of rotatable bonds is 5. The van der Waals surface area contributed by atoms with Crippen LogP contribution in [0.2, 0.25) is 0 Å². The zero-order valence-corrected chi connectivity index (χ0v) is 11.6. The minimum absolute atomic E-state index is 0.180. The molecule has 1 aromatic carbocycles. The molecule has 1 atom stereocenters. The van der Waals surface area contributed by atoms with Gasteiger partial charge in [-0.1, -0.05) is 0 Å². The van der Waals surface area contributed by atoms with Gasteiger partial charge in [-0.25, -0.2) is 4.39 Å². The molecule has 1 unspecified atom stereocenters. The SMILES string of the molecule is COCC1CCN(CC(=O)Nc2cc(F)ccc2N)C1. The zero-order chi connectivity index (χ0) is 14.5. The summed E-state index contributed by atoms with van der Waals surface area (Å²) in [6, 6.07) is 3.93. The highest BCUT2D eigenvalue weighted by Gasteiger charge is 2.23. The number of amides is 1. The van der Waals surface area contributed by atoms with Crippen LogP contribution in [0.5, 0.6) is 0 Å². The first-order valence-corrected chi connectivity index (χ1v) is 6.64. The largest absolute Gasteiger partial charge is 0.397 e. The Labute approximate surface area is 117 Å². The Balaban J connectivity index is 1.85. The van der Waals surface area contributed by atoms with Crippen molar-refractivity contribution in [2.24, 2.45) is 5.92 Å². The van der Waals surface area contributed by atoms with Gasteiger partial charge in [-0.15, -0.1) is 0 Å². The van der Waals surface area contributed by atoms with E-state index in [1.165, 1.54) is 18.2 Å². The fourth-order valence-electron chi connectivity index (χ4n) is 2.46. The molecule has 1 aromatic rings. The van der Waals surface area contributed by atoms with Gasteiger partial charge in [0.2, 0.25) is 5.91 Å². The lowest BCUT2D eigenvalue weighted by Crippen LogP contribution is -2.32. The average molecular weight is 281 g/mol. The van der Waals surface area contributed by atoms with Crippen molar-refractivity contribution >= 4 is 17.3 Å². The maximum Gasteiger partial charge on any atom is 0.238 e. The average Bonchev–Trinajstić information content (AvgIpc) is 2.81. The number of hydrogen-bond acceptors (Lipinski definition) is 4. The van der Waals surface area contributed by atoms with Gasteiger partial charge in [0.25, 0.3) is 0 Å². The number of hydrogen-bond donors (Lipinski definition) is 2. The van der Waals surface area contributed by atoms with Gasteiger partial charge in [0.05, 0.1) is 24.5 Å². The van der Waals surface area contributed by atoms with Crippen LogP contribution in [-0.4, -0.2) is 44.2 Å². The lowest BCUT2D eigenvalue weighted by molar-refractivity contribution is -0.117. The maximum absolute atomic E-state index is 13.1. The fraction of sp³-hybridized carbons (Fsp3) is 0.500. The van der Waals surface area contributed by atoms with Gasteiger partial charge >= 0.3 is 0 Å². The molecule has 5 nitrogen and oxygen atoms in total. The van der Waals surface area contributed by atoms with Gasteiger partial charge in [0.1, 0.15) is 5.82 Å². The maximum atomic E-state index is 13.1. The van der Waals surface area contributed by atoms with Crippen molar-refractivity contribution in [3.05, 3.63) is 24.0 Å². The molecular formula is C14H20FN3O2. The summed E-state index contributed by atoms with van der Waals surface area (Å²) in [5.41, 5.74) is 6.38. The Morgan fingerprint density at radius 3 is 3.15 bits per heavy atom. The summed E-state index contributed by atoms with van der Waals surface area (Å²) < 4.78 is 18.2. The second kappa shape index (κ2) is 6.67. The monoisotopic (exact) mass is 281 g/mol. The number of likely N-dealkylation sites (tertiary alicyclic amines) is 1. The van der Waals surface area contributed by atoms with E-state index in [0.29, 0.717) is 17.3 Å². The highest BCUT2D eigenvalue weighted by atomic mass is 19.1. The van der Waals surface area contributed by atoms with Crippen LogP contribution in [0.15, 0.2) is 18.2 Å². The first-order valence-electron chi connectivity index (χ1n) is 6.64. The van der Waals surface area contributed by atoms with Crippen molar-refractivity contribution in [1.82, 2.24) is 4.90 Å². The molecule has 110 valence electrons. The summed E-state index contributed by atoms with van der Waals surface area (Å²) in [4.78, 5) is 14.0. The number of halogens is 1. The van der Waals surface area contributed by atoms with E-state index in [9.17, 15) is 9.18 Å². The Bertz CT molecular complexity index is 481. The van der Waals surface area contributed by atoms with Crippen LogP contribution in [0.25, 0.3) is 0 Å². The Hall–Kier alpha value is -1.66. The third kappa shape index (κ3) is 3.91. The van der Waals surface area contributed by atoms with E-state index >= 15 is 0 Å². The van der Waals surface area contributed by atoms with Gasteiger partial charge < -0.3 is 15.8 Å². The number of nitrogens with two attached hydrogens (primary N) is 1. The van der Waals surface area contributed by atoms with Crippen molar-refractivity contribution in [3.63, 3.8) is 0 Å². The predicted octanol–water partition coefficient (Wildman–Crippen LogP) is 1.31. The third-order valence-electron chi connectivity index (χ3n) is 3.43. The molecule has 1 heterocycles. The van der Waals surface area contributed by atoms with Gasteiger partial charge in [-0.05, 0) is 37.1 Å². The molecule has 3 N–H and O–H groups in total. The topological polar surface area (TPSA) is 67.6 Å². The van der Waals surface area contributed by atoms with Gasteiger partial charge in [-0.2, -0.15) is 0 Å². The predicted molar refractivity (Wildman–Crippen MR) is 75.9 cm³/mol. The molecule has 1 aliphatic heterocycles. The lowest BCUT2D eigenvalue weighted by atomic mass is 10.1. The third-order valence-corrected chi connectivity index (χ3v) is 3.43. The summed E-state index contributed by atoms with van der Waals surface area (Å²) >= 11 is 0. The number of nitrogens with zero attached hydrogens (tertiary/aromatic N) is 1. The van der Waals surface area contributed by atoms with Crippen molar-refractivity contribution in [3.8, 4) is 0 Å². The molecule has 2 rings (SSSR count). The lowest BCUT2D eigenvalue weighted by Gasteiger charge is -2.16. The number of carbonyl (C=O) groups is 1. The van der Waals surface area contributed by atoms with Crippen molar-refractivity contribution in [2.75, 3.05) is 44.4 Å². The zero-order valence-electron chi connectivity index (χ0n) is 11.6. The second-order valence-electron chi connectivity index (χ2n) is 5.12.